The smallest absolute Gasteiger partial charge is 0.0338 e. The quantitative estimate of drug-likeness (QED) is 0.538. The largest absolute Gasteiger partial charge is 0.123 e. The van der Waals surface area contributed by atoms with Crippen molar-refractivity contribution in [2.45, 2.75) is 88.8 Å². The van der Waals surface area contributed by atoms with E-state index in [-0.39, 0.29) is 0 Å². The molecule has 2 atom stereocenters. The van der Waals surface area contributed by atoms with Gasteiger partial charge in [-0.2, -0.15) is 0 Å². The molecule has 0 spiro atoms. The van der Waals surface area contributed by atoms with Gasteiger partial charge in [0, 0.05) is 5.38 Å². The Morgan fingerprint density at radius 3 is 1.76 bits per heavy atom. The molecule has 0 saturated heterocycles. The van der Waals surface area contributed by atoms with Gasteiger partial charge in [-0.3, -0.25) is 0 Å². The lowest BCUT2D eigenvalue weighted by atomic mass is 9.85. The lowest BCUT2D eigenvalue weighted by Gasteiger charge is -2.21. The van der Waals surface area contributed by atoms with Gasteiger partial charge in [0.05, 0.1) is 0 Å². The average molecular weight is 257 g/mol. The highest BCUT2D eigenvalue weighted by atomic mass is 35.5. The summed E-state index contributed by atoms with van der Waals surface area (Å²) in [5, 5.41) is 0.500. The van der Waals surface area contributed by atoms with Crippen LogP contribution in [0.5, 0.6) is 0 Å². The van der Waals surface area contributed by atoms with E-state index in [0.717, 1.165) is 11.8 Å². The monoisotopic (exact) mass is 256 g/mol. The third-order valence-electron chi connectivity index (χ3n) is 4.87. The maximum Gasteiger partial charge on any atom is 0.0338 e. The van der Waals surface area contributed by atoms with E-state index >= 15 is 0 Å². The summed E-state index contributed by atoms with van der Waals surface area (Å²) in [7, 11) is 0. The Morgan fingerprint density at radius 1 is 0.647 bits per heavy atom. The maximum atomic E-state index is 6.23. The molecule has 17 heavy (non-hydrogen) atoms. The summed E-state index contributed by atoms with van der Waals surface area (Å²) in [6.07, 6.45) is 18.9. The zero-order valence-electron chi connectivity index (χ0n) is 11.3. The molecule has 1 heteroatoms. The predicted octanol–water partition coefficient (Wildman–Crippen LogP) is 5.92. The van der Waals surface area contributed by atoms with Crippen molar-refractivity contribution in [1.82, 2.24) is 0 Å². The van der Waals surface area contributed by atoms with Gasteiger partial charge in [0.1, 0.15) is 0 Å². The normalized spacial score (nSPS) is 33.7. The molecule has 2 unspecified atom stereocenters. The molecule has 0 aromatic rings. The molecule has 0 aromatic carbocycles. The predicted molar refractivity (Wildman–Crippen MR) is 76.6 cm³/mol. The summed E-state index contributed by atoms with van der Waals surface area (Å²) in [5.74, 6) is 1.99. The average Bonchev–Trinajstić information content (AvgIpc) is 2.73. The fraction of sp³-hybridized carbons (Fsp3) is 1.00. The van der Waals surface area contributed by atoms with E-state index in [9.17, 15) is 0 Å². The van der Waals surface area contributed by atoms with Gasteiger partial charge in [-0.15, -0.1) is 11.6 Å². The first-order valence-corrected chi connectivity index (χ1v) is 8.42. The van der Waals surface area contributed by atoms with E-state index in [1.165, 1.54) is 83.5 Å². The fourth-order valence-corrected chi connectivity index (χ4v) is 4.21. The lowest BCUT2D eigenvalue weighted by molar-refractivity contribution is 0.313. The van der Waals surface area contributed by atoms with E-state index < -0.39 is 0 Å². The van der Waals surface area contributed by atoms with Gasteiger partial charge in [0.15, 0.2) is 0 Å². The number of hydrogen-bond donors (Lipinski definition) is 0. The fourth-order valence-electron chi connectivity index (χ4n) is 3.83. The van der Waals surface area contributed by atoms with Gasteiger partial charge in [0.25, 0.3) is 0 Å². The second-order valence-electron chi connectivity index (χ2n) is 6.43. The van der Waals surface area contributed by atoms with E-state index in [1.54, 1.807) is 0 Å². The zero-order chi connectivity index (χ0) is 11.9. The molecular weight excluding hydrogens is 228 g/mol. The van der Waals surface area contributed by atoms with Crippen molar-refractivity contribution in [2.75, 3.05) is 0 Å². The van der Waals surface area contributed by atoms with Crippen LogP contribution in [0.1, 0.15) is 83.5 Å². The van der Waals surface area contributed by atoms with Crippen LogP contribution in [0.4, 0.5) is 0 Å². The highest BCUT2D eigenvalue weighted by Crippen LogP contribution is 2.36. The summed E-state index contributed by atoms with van der Waals surface area (Å²) in [6.45, 7) is 0. The molecule has 2 saturated carbocycles. The van der Waals surface area contributed by atoms with Crippen LogP contribution in [0.25, 0.3) is 0 Å². The lowest BCUT2D eigenvalue weighted by Crippen LogP contribution is -2.08. The van der Waals surface area contributed by atoms with Crippen LogP contribution in [0.15, 0.2) is 0 Å². The minimum atomic E-state index is 0.500. The minimum Gasteiger partial charge on any atom is -0.123 e. The zero-order valence-corrected chi connectivity index (χ0v) is 12.1. The Labute approximate surface area is 113 Å². The number of rotatable bonds is 2. The molecule has 0 heterocycles. The molecule has 0 aliphatic heterocycles. The second-order valence-corrected chi connectivity index (χ2v) is 7.05. The van der Waals surface area contributed by atoms with Gasteiger partial charge < -0.3 is 0 Å². The minimum absolute atomic E-state index is 0.500. The molecule has 0 N–H and O–H groups in total. The Hall–Kier alpha value is 0.290. The first-order chi connectivity index (χ1) is 8.34. The molecule has 2 fully saturated rings. The third-order valence-corrected chi connectivity index (χ3v) is 5.27. The van der Waals surface area contributed by atoms with Crippen molar-refractivity contribution in [2.24, 2.45) is 11.8 Å². The molecule has 0 bridgehead atoms. The van der Waals surface area contributed by atoms with Crippen LogP contribution in [0, 0.1) is 11.8 Å². The summed E-state index contributed by atoms with van der Waals surface area (Å²) < 4.78 is 0. The Morgan fingerprint density at radius 2 is 1.24 bits per heavy atom. The molecule has 2 aliphatic rings. The van der Waals surface area contributed by atoms with Gasteiger partial charge in [-0.25, -0.2) is 0 Å². The highest BCUT2D eigenvalue weighted by Gasteiger charge is 2.25. The Balaban J connectivity index is 1.72. The van der Waals surface area contributed by atoms with Crippen molar-refractivity contribution in [3.8, 4) is 0 Å². The molecule has 2 rings (SSSR count). The summed E-state index contributed by atoms with van der Waals surface area (Å²) in [6, 6.07) is 0. The van der Waals surface area contributed by atoms with Gasteiger partial charge in [-0.05, 0) is 37.5 Å². The summed E-state index contributed by atoms with van der Waals surface area (Å²) >= 11 is 6.23. The molecule has 0 nitrogen and oxygen atoms in total. The van der Waals surface area contributed by atoms with Crippen LogP contribution in [0.3, 0.4) is 0 Å². The van der Waals surface area contributed by atoms with Gasteiger partial charge in [0.2, 0.25) is 0 Å². The van der Waals surface area contributed by atoms with Crippen molar-refractivity contribution < 1.29 is 0 Å². The van der Waals surface area contributed by atoms with E-state index in [4.69, 9.17) is 11.6 Å². The van der Waals surface area contributed by atoms with Crippen LogP contribution in [-0.2, 0) is 0 Å². The highest BCUT2D eigenvalue weighted by molar-refractivity contribution is 6.20. The van der Waals surface area contributed by atoms with E-state index in [1.807, 2.05) is 0 Å². The molecular formula is C16H29Cl. The molecule has 0 radical (unpaired) electrons. The summed E-state index contributed by atoms with van der Waals surface area (Å²) in [5.41, 5.74) is 0. The SMILES string of the molecule is ClC1CCC(CC2CCCCCCCCC2)C1. The van der Waals surface area contributed by atoms with Crippen molar-refractivity contribution in [3.05, 3.63) is 0 Å². The second kappa shape index (κ2) is 7.67. The number of halogens is 1. The Bertz CT molecular complexity index is 192. The molecule has 2 aliphatic carbocycles. The van der Waals surface area contributed by atoms with Gasteiger partial charge in [-0.1, -0.05) is 57.8 Å². The van der Waals surface area contributed by atoms with Crippen LogP contribution in [0.2, 0.25) is 0 Å². The topological polar surface area (TPSA) is 0 Å². The molecule has 100 valence electrons. The molecule has 0 amide bonds. The Kier molecular flexibility index (Phi) is 6.18. The van der Waals surface area contributed by atoms with Crippen molar-refractivity contribution in [3.63, 3.8) is 0 Å². The van der Waals surface area contributed by atoms with Gasteiger partial charge >= 0.3 is 0 Å². The standard InChI is InChI=1S/C16H29Cl/c17-16-11-10-15(13-16)12-14-8-6-4-2-1-3-5-7-9-14/h14-16H,1-13H2. The van der Waals surface area contributed by atoms with Crippen LogP contribution < -0.4 is 0 Å². The van der Waals surface area contributed by atoms with Crippen LogP contribution >= 0.6 is 11.6 Å². The third kappa shape index (κ3) is 5.20. The van der Waals surface area contributed by atoms with Crippen molar-refractivity contribution >= 4 is 11.6 Å². The number of hydrogen-bond acceptors (Lipinski definition) is 0. The van der Waals surface area contributed by atoms with Crippen LogP contribution in [-0.4, -0.2) is 5.38 Å². The molecule has 0 aromatic heterocycles. The van der Waals surface area contributed by atoms with E-state index in [0.29, 0.717) is 5.38 Å². The maximum absolute atomic E-state index is 6.23. The van der Waals surface area contributed by atoms with Crippen molar-refractivity contribution in [1.29, 1.82) is 0 Å². The number of alkyl halides is 1. The first-order valence-electron chi connectivity index (χ1n) is 7.98. The van der Waals surface area contributed by atoms with E-state index in [2.05, 4.69) is 0 Å². The summed E-state index contributed by atoms with van der Waals surface area (Å²) in [4.78, 5) is 0. The first kappa shape index (κ1) is 13.7.